The van der Waals surface area contributed by atoms with E-state index in [0.29, 0.717) is 24.6 Å². The predicted molar refractivity (Wildman–Crippen MR) is 70.0 cm³/mol. The van der Waals surface area contributed by atoms with Gasteiger partial charge in [-0.15, -0.1) is 0 Å². The van der Waals surface area contributed by atoms with Crippen LogP contribution in [0.25, 0.3) is 0 Å². The molecule has 1 aromatic heterocycles. The predicted octanol–water partition coefficient (Wildman–Crippen LogP) is 0.684. The summed E-state index contributed by atoms with van der Waals surface area (Å²) in [5.41, 5.74) is 6.20. The minimum absolute atomic E-state index is 0.00587. The van der Waals surface area contributed by atoms with Crippen LogP contribution in [0.1, 0.15) is 24.7 Å². The fourth-order valence-corrected chi connectivity index (χ4v) is 2.14. The number of morpholine rings is 1. The summed E-state index contributed by atoms with van der Waals surface area (Å²) in [5.74, 6) is 1.45. The molecular weight excluding hydrogens is 230 g/mol. The van der Waals surface area contributed by atoms with Gasteiger partial charge in [-0.3, -0.25) is 5.41 Å². The van der Waals surface area contributed by atoms with Crippen LogP contribution in [0.3, 0.4) is 0 Å². The van der Waals surface area contributed by atoms with E-state index in [2.05, 4.69) is 21.8 Å². The maximum Gasteiger partial charge on any atom is 0.143 e. The Morgan fingerprint density at radius 3 is 3.11 bits per heavy atom. The highest BCUT2D eigenvalue weighted by Crippen LogP contribution is 2.22. The smallest absolute Gasteiger partial charge is 0.143 e. The average Bonchev–Trinajstić information content (AvgIpc) is 2.38. The monoisotopic (exact) mass is 249 g/mol. The van der Waals surface area contributed by atoms with Gasteiger partial charge in [0.1, 0.15) is 17.5 Å². The summed E-state index contributed by atoms with van der Waals surface area (Å²) < 4.78 is 5.49. The zero-order chi connectivity index (χ0) is 13.1. The van der Waals surface area contributed by atoms with Crippen LogP contribution in [0.15, 0.2) is 6.20 Å². The first-order chi connectivity index (χ1) is 8.63. The molecule has 0 saturated carbocycles. The molecule has 1 aliphatic heterocycles. The van der Waals surface area contributed by atoms with Crippen LogP contribution in [0, 0.1) is 12.3 Å². The van der Waals surface area contributed by atoms with Gasteiger partial charge in [0.15, 0.2) is 0 Å². The molecule has 0 amide bonds. The topological polar surface area (TPSA) is 88.1 Å². The van der Waals surface area contributed by atoms with Gasteiger partial charge in [0, 0.05) is 12.7 Å². The van der Waals surface area contributed by atoms with Gasteiger partial charge in [-0.1, -0.05) is 6.92 Å². The highest BCUT2D eigenvalue weighted by atomic mass is 16.5. The first kappa shape index (κ1) is 12.8. The van der Waals surface area contributed by atoms with Crippen LogP contribution in [-0.2, 0) is 4.74 Å². The van der Waals surface area contributed by atoms with Crippen molar-refractivity contribution < 1.29 is 4.74 Å². The number of nitrogens with one attached hydrogen (secondary N) is 1. The van der Waals surface area contributed by atoms with Crippen LogP contribution in [0.2, 0.25) is 0 Å². The molecule has 0 radical (unpaired) electrons. The van der Waals surface area contributed by atoms with E-state index < -0.39 is 0 Å². The number of nitrogens with zero attached hydrogens (tertiary/aromatic N) is 3. The van der Waals surface area contributed by atoms with E-state index in [0.717, 1.165) is 18.8 Å². The summed E-state index contributed by atoms with van der Waals surface area (Å²) in [5, 5.41) is 7.63. The number of ether oxygens (including phenoxy) is 1. The molecule has 1 aromatic rings. The van der Waals surface area contributed by atoms with Gasteiger partial charge in [0.05, 0.1) is 24.8 Å². The largest absolute Gasteiger partial charge is 0.384 e. The molecule has 1 atom stereocenters. The van der Waals surface area contributed by atoms with Gasteiger partial charge in [-0.2, -0.15) is 0 Å². The summed E-state index contributed by atoms with van der Waals surface area (Å²) in [6, 6.07) is 0.283. The Bertz CT molecular complexity index is 448. The minimum Gasteiger partial charge on any atom is -0.384 e. The number of nitrogen functional groups attached to an aromatic ring is 1. The number of hydrogen-bond acceptors (Lipinski definition) is 5. The lowest BCUT2D eigenvalue weighted by molar-refractivity contribution is 0.0925. The molecule has 1 saturated heterocycles. The standard InChI is InChI=1S/C12H19N5O/c1-3-9-7-18-5-4-17(9)12-10(11(13)14)6-15-8(2)16-12/h6,9H,3-5,7H2,1-2H3,(H3,13,14). The second-order valence-electron chi connectivity index (χ2n) is 4.40. The molecular formula is C12H19N5O. The third-order valence-electron chi connectivity index (χ3n) is 3.15. The Kier molecular flexibility index (Phi) is 3.76. The maximum atomic E-state index is 7.63. The molecule has 6 heteroatoms. The van der Waals surface area contributed by atoms with Crippen LogP contribution >= 0.6 is 0 Å². The Labute approximate surface area is 107 Å². The molecule has 98 valence electrons. The first-order valence-corrected chi connectivity index (χ1v) is 6.16. The molecule has 2 heterocycles. The van der Waals surface area contributed by atoms with Gasteiger partial charge in [0.2, 0.25) is 0 Å². The molecule has 18 heavy (non-hydrogen) atoms. The van der Waals surface area contributed by atoms with Crippen molar-refractivity contribution >= 4 is 11.7 Å². The van der Waals surface area contributed by atoms with Crippen LogP contribution in [0.4, 0.5) is 5.82 Å². The normalized spacial score (nSPS) is 19.9. The Morgan fingerprint density at radius 2 is 2.44 bits per heavy atom. The molecule has 1 fully saturated rings. The first-order valence-electron chi connectivity index (χ1n) is 6.16. The van der Waals surface area contributed by atoms with E-state index in [1.165, 1.54) is 0 Å². The summed E-state index contributed by atoms with van der Waals surface area (Å²) in [4.78, 5) is 10.7. The third-order valence-corrected chi connectivity index (χ3v) is 3.15. The number of nitrogens with two attached hydrogens (primary N) is 1. The van der Waals surface area contributed by atoms with Gasteiger partial charge in [-0.05, 0) is 13.3 Å². The van der Waals surface area contributed by atoms with E-state index in [4.69, 9.17) is 15.9 Å². The van der Waals surface area contributed by atoms with Crippen molar-refractivity contribution in [1.82, 2.24) is 9.97 Å². The van der Waals surface area contributed by atoms with Crippen LogP contribution in [-0.4, -0.2) is 41.6 Å². The van der Waals surface area contributed by atoms with Crippen molar-refractivity contribution in [3.05, 3.63) is 17.6 Å². The lowest BCUT2D eigenvalue weighted by atomic mass is 10.1. The van der Waals surface area contributed by atoms with E-state index in [-0.39, 0.29) is 11.9 Å². The van der Waals surface area contributed by atoms with Crippen molar-refractivity contribution in [1.29, 1.82) is 5.41 Å². The van der Waals surface area contributed by atoms with Gasteiger partial charge in [0.25, 0.3) is 0 Å². The molecule has 0 aromatic carbocycles. The van der Waals surface area contributed by atoms with Gasteiger partial charge in [-0.25, -0.2) is 9.97 Å². The highest BCUT2D eigenvalue weighted by Gasteiger charge is 2.25. The molecule has 0 aliphatic carbocycles. The molecule has 3 N–H and O–H groups in total. The Morgan fingerprint density at radius 1 is 1.67 bits per heavy atom. The summed E-state index contributed by atoms with van der Waals surface area (Å²) in [6.07, 6.45) is 2.60. The van der Waals surface area contributed by atoms with E-state index in [1.807, 2.05) is 6.92 Å². The minimum atomic E-state index is 0.00587. The van der Waals surface area contributed by atoms with Crippen molar-refractivity contribution in [2.75, 3.05) is 24.7 Å². The molecule has 0 bridgehead atoms. The van der Waals surface area contributed by atoms with Gasteiger partial charge >= 0.3 is 0 Å². The quantitative estimate of drug-likeness (QED) is 0.607. The number of aromatic nitrogens is 2. The zero-order valence-electron chi connectivity index (χ0n) is 10.8. The Balaban J connectivity index is 2.41. The zero-order valence-corrected chi connectivity index (χ0v) is 10.8. The number of hydrogen-bond donors (Lipinski definition) is 2. The summed E-state index contributed by atoms with van der Waals surface area (Å²) >= 11 is 0. The highest BCUT2D eigenvalue weighted by molar-refractivity contribution is 5.99. The van der Waals surface area contributed by atoms with E-state index in [9.17, 15) is 0 Å². The van der Waals surface area contributed by atoms with Crippen molar-refractivity contribution in [3.63, 3.8) is 0 Å². The summed E-state index contributed by atoms with van der Waals surface area (Å²) in [7, 11) is 0. The van der Waals surface area contributed by atoms with Crippen molar-refractivity contribution in [3.8, 4) is 0 Å². The molecule has 1 aliphatic rings. The van der Waals surface area contributed by atoms with Crippen molar-refractivity contribution in [2.24, 2.45) is 5.73 Å². The van der Waals surface area contributed by atoms with E-state index in [1.54, 1.807) is 6.20 Å². The fourth-order valence-electron chi connectivity index (χ4n) is 2.14. The second kappa shape index (κ2) is 5.30. The van der Waals surface area contributed by atoms with Crippen molar-refractivity contribution in [2.45, 2.75) is 26.3 Å². The van der Waals surface area contributed by atoms with Crippen LogP contribution < -0.4 is 10.6 Å². The number of amidine groups is 1. The lowest BCUT2D eigenvalue weighted by Crippen LogP contribution is -2.46. The fraction of sp³-hybridized carbons (Fsp3) is 0.583. The second-order valence-corrected chi connectivity index (χ2v) is 4.40. The molecule has 0 spiro atoms. The number of rotatable bonds is 3. The molecule has 6 nitrogen and oxygen atoms in total. The third kappa shape index (κ3) is 2.43. The van der Waals surface area contributed by atoms with Gasteiger partial charge < -0.3 is 15.4 Å². The Hall–Kier alpha value is -1.69. The number of anilines is 1. The lowest BCUT2D eigenvalue weighted by Gasteiger charge is -2.36. The summed E-state index contributed by atoms with van der Waals surface area (Å²) in [6.45, 7) is 6.10. The average molecular weight is 249 g/mol. The maximum absolute atomic E-state index is 7.63. The molecule has 2 rings (SSSR count). The van der Waals surface area contributed by atoms with E-state index >= 15 is 0 Å². The van der Waals surface area contributed by atoms with Crippen LogP contribution in [0.5, 0.6) is 0 Å². The SMILES string of the molecule is CCC1COCCN1c1nc(C)ncc1C(=N)N. The number of aryl methyl sites for hydroxylation is 1. The molecule has 1 unspecified atom stereocenters.